The summed E-state index contributed by atoms with van der Waals surface area (Å²) < 4.78 is 69.4. The van der Waals surface area contributed by atoms with Gasteiger partial charge in [0.05, 0.1) is 34.5 Å². The number of aryl methyl sites for hydroxylation is 1. The molecule has 0 aliphatic rings. The van der Waals surface area contributed by atoms with Crippen LogP contribution in [0.4, 0.5) is 18.9 Å². The summed E-state index contributed by atoms with van der Waals surface area (Å²) in [5.41, 5.74) is 0.267. The molecule has 0 spiro atoms. The minimum Gasteiger partial charge on any atom is -0.455 e. The molecule has 0 unspecified atom stereocenters. The van der Waals surface area contributed by atoms with E-state index in [0.717, 1.165) is 23.8 Å². The summed E-state index contributed by atoms with van der Waals surface area (Å²) in [5.74, 6) is -2.42. The number of benzene rings is 3. The molecule has 0 atom stereocenters. The van der Waals surface area contributed by atoms with Crippen LogP contribution in [-0.4, -0.2) is 38.9 Å². The molecule has 0 aliphatic heterocycles. The van der Waals surface area contributed by atoms with Crippen LogP contribution in [0.25, 0.3) is 0 Å². The Morgan fingerprint density at radius 1 is 0.973 bits per heavy atom. The predicted octanol–water partition coefficient (Wildman–Crippen LogP) is 4.79. The van der Waals surface area contributed by atoms with E-state index in [1.807, 2.05) is 0 Å². The van der Waals surface area contributed by atoms with Crippen LogP contribution in [0.3, 0.4) is 0 Å². The van der Waals surface area contributed by atoms with Gasteiger partial charge in [0.1, 0.15) is 0 Å². The number of carbonyl (C=O) groups excluding carboxylic acids is 2. The SMILES string of the molecule is Cc1ccc(S(=O)(=O)CCC(=O)OCC(=O)N(N=Cc2ccccc2)c2cccc(C(F)(F)F)c2)cc1. The molecule has 37 heavy (non-hydrogen) atoms. The van der Waals surface area contributed by atoms with Crippen molar-refractivity contribution >= 4 is 33.6 Å². The molecular formula is C26H23F3N2O5S. The fraction of sp³-hybridized carbons (Fsp3) is 0.192. The number of amides is 1. The first-order valence-corrected chi connectivity index (χ1v) is 12.7. The Kier molecular flexibility index (Phi) is 8.82. The highest BCUT2D eigenvalue weighted by atomic mass is 32.2. The first kappa shape index (κ1) is 27.6. The summed E-state index contributed by atoms with van der Waals surface area (Å²) in [6.45, 7) is 0.948. The molecular weight excluding hydrogens is 509 g/mol. The Bertz CT molecular complexity index is 1370. The number of carbonyl (C=O) groups is 2. The average molecular weight is 533 g/mol. The Labute approximate surface area is 212 Å². The second-order valence-corrected chi connectivity index (χ2v) is 10.1. The second-order valence-electron chi connectivity index (χ2n) is 7.95. The van der Waals surface area contributed by atoms with Crippen LogP contribution in [-0.2, 0) is 30.3 Å². The van der Waals surface area contributed by atoms with Crippen molar-refractivity contribution in [1.29, 1.82) is 0 Å². The van der Waals surface area contributed by atoms with Crippen molar-refractivity contribution in [3.05, 3.63) is 95.6 Å². The van der Waals surface area contributed by atoms with Crippen LogP contribution < -0.4 is 5.01 Å². The van der Waals surface area contributed by atoms with Crippen molar-refractivity contribution < 1.29 is 35.9 Å². The van der Waals surface area contributed by atoms with Gasteiger partial charge in [-0.05, 0) is 42.8 Å². The van der Waals surface area contributed by atoms with E-state index in [4.69, 9.17) is 4.74 Å². The molecule has 0 aromatic heterocycles. The molecule has 1 amide bonds. The van der Waals surface area contributed by atoms with Crippen molar-refractivity contribution in [1.82, 2.24) is 0 Å². The maximum Gasteiger partial charge on any atom is 0.416 e. The first-order valence-electron chi connectivity index (χ1n) is 11.0. The molecule has 3 aromatic rings. The van der Waals surface area contributed by atoms with Crippen molar-refractivity contribution in [3.8, 4) is 0 Å². The van der Waals surface area contributed by atoms with Gasteiger partial charge in [0.25, 0.3) is 5.91 Å². The number of hydrogen-bond donors (Lipinski definition) is 0. The maximum absolute atomic E-state index is 13.2. The van der Waals surface area contributed by atoms with Crippen molar-refractivity contribution in [3.63, 3.8) is 0 Å². The lowest BCUT2D eigenvalue weighted by Crippen LogP contribution is -2.31. The normalized spacial score (nSPS) is 11.9. The van der Waals surface area contributed by atoms with Gasteiger partial charge in [-0.1, -0.05) is 54.1 Å². The Hall–Kier alpha value is -3.99. The van der Waals surface area contributed by atoms with Crippen LogP contribution in [0.1, 0.15) is 23.1 Å². The average Bonchev–Trinajstić information content (AvgIpc) is 2.87. The molecule has 0 saturated carbocycles. The molecule has 0 bridgehead atoms. The van der Waals surface area contributed by atoms with E-state index in [2.05, 4.69) is 5.10 Å². The fourth-order valence-electron chi connectivity index (χ4n) is 3.11. The number of hydrazone groups is 1. The Morgan fingerprint density at radius 3 is 2.30 bits per heavy atom. The van der Waals surface area contributed by atoms with E-state index in [-0.39, 0.29) is 10.6 Å². The number of rotatable bonds is 9. The maximum atomic E-state index is 13.2. The van der Waals surface area contributed by atoms with Gasteiger partial charge >= 0.3 is 12.1 Å². The molecule has 3 rings (SSSR count). The summed E-state index contributed by atoms with van der Waals surface area (Å²) in [6.07, 6.45) is -3.89. The largest absolute Gasteiger partial charge is 0.455 e. The topological polar surface area (TPSA) is 93.1 Å². The Balaban J connectivity index is 1.70. The molecule has 0 N–H and O–H groups in total. The zero-order valence-electron chi connectivity index (χ0n) is 19.7. The third-order valence-corrected chi connectivity index (χ3v) is 6.82. The quantitative estimate of drug-likeness (QED) is 0.225. The number of ether oxygens (including phenoxy) is 1. The van der Waals surface area contributed by atoms with E-state index < -0.39 is 52.2 Å². The summed E-state index contributed by atoms with van der Waals surface area (Å²) in [4.78, 5) is 25.0. The number of esters is 1. The molecule has 194 valence electrons. The van der Waals surface area contributed by atoms with Gasteiger partial charge in [-0.3, -0.25) is 9.59 Å². The van der Waals surface area contributed by atoms with Gasteiger partial charge in [0.15, 0.2) is 16.4 Å². The van der Waals surface area contributed by atoms with Gasteiger partial charge < -0.3 is 4.74 Å². The minimum atomic E-state index is -4.65. The first-order chi connectivity index (χ1) is 17.5. The highest BCUT2D eigenvalue weighted by molar-refractivity contribution is 7.91. The summed E-state index contributed by atoms with van der Waals surface area (Å²) in [5, 5.41) is 4.69. The number of nitrogens with zero attached hydrogens (tertiary/aromatic N) is 2. The zero-order chi connectivity index (χ0) is 27.1. The van der Waals surface area contributed by atoms with Crippen LogP contribution in [0.2, 0.25) is 0 Å². The highest BCUT2D eigenvalue weighted by Crippen LogP contribution is 2.31. The molecule has 7 nitrogen and oxygen atoms in total. The summed E-state index contributed by atoms with van der Waals surface area (Å²) >= 11 is 0. The van der Waals surface area contributed by atoms with Crippen molar-refractivity contribution in [2.24, 2.45) is 5.10 Å². The van der Waals surface area contributed by atoms with Gasteiger partial charge in [0.2, 0.25) is 0 Å². The summed E-state index contributed by atoms with van der Waals surface area (Å²) in [7, 11) is -3.75. The minimum absolute atomic E-state index is 0.0490. The van der Waals surface area contributed by atoms with Gasteiger partial charge in [-0.2, -0.15) is 23.3 Å². The molecule has 11 heteroatoms. The predicted molar refractivity (Wildman–Crippen MR) is 132 cm³/mol. The number of halogens is 3. The lowest BCUT2D eigenvalue weighted by molar-refractivity contribution is -0.147. The number of anilines is 1. The molecule has 0 aliphatic carbocycles. The number of hydrogen-bond acceptors (Lipinski definition) is 6. The van der Waals surface area contributed by atoms with Crippen LogP contribution >= 0.6 is 0 Å². The zero-order valence-corrected chi connectivity index (χ0v) is 20.5. The van der Waals surface area contributed by atoms with E-state index in [1.54, 1.807) is 49.4 Å². The van der Waals surface area contributed by atoms with E-state index in [0.29, 0.717) is 10.6 Å². The molecule has 3 aromatic carbocycles. The van der Waals surface area contributed by atoms with Crippen molar-refractivity contribution in [2.75, 3.05) is 17.4 Å². The standard InChI is InChI=1S/C26H23F3N2O5S/c1-19-10-12-23(13-11-19)37(34,35)15-14-25(33)36-18-24(32)31(30-17-20-6-3-2-4-7-20)22-9-5-8-21(16-22)26(27,28)29/h2-13,16-17H,14-15,18H2,1H3. The van der Waals surface area contributed by atoms with E-state index in [9.17, 15) is 31.2 Å². The van der Waals surface area contributed by atoms with Gasteiger partial charge in [0, 0.05) is 0 Å². The smallest absolute Gasteiger partial charge is 0.416 e. The number of sulfone groups is 1. The highest BCUT2D eigenvalue weighted by Gasteiger charge is 2.31. The molecule has 0 heterocycles. The number of alkyl halides is 3. The summed E-state index contributed by atoms with van der Waals surface area (Å²) in [6, 6.07) is 18.6. The molecule has 0 fully saturated rings. The molecule has 0 radical (unpaired) electrons. The molecule has 0 saturated heterocycles. The monoisotopic (exact) mass is 532 g/mol. The lowest BCUT2D eigenvalue weighted by atomic mass is 10.2. The van der Waals surface area contributed by atoms with Gasteiger partial charge in [-0.25, -0.2) is 8.42 Å². The van der Waals surface area contributed by atoms with Gasteiger partial charge in [-0.15, -0.1) is 0 Å². The van der Waals surface area contributed by atoms with Crippen LogP contribution in [0.15, 0.2) is 88.9 Å². The van der Waals surface area contributed by atoms with Crippen LogP contribution in [0.5, 0.6) is 0 Å². The van der Waals surface area contributed by atoms with Crippen molar-refractivity contribution in [2.45, 2.75) is 24.4 Å². The second kappa shape index (κ2) is 11.8. The Morgan fingerprint density at radius 2 is 1.65 bits per heavy atom. The van der Waals surface area contributed by atoms with E-state index >= 15 is 0 Å². The third kappa shape index (κ3) is 8.01. The van der Waals surface area contributed by atoms with Crippen LogP contribution in [0, 0.1) is 6.92 Å². The lowest BCUT2D eigenvalue weighted by Gasteiger charge is -2.18. The van der Waals surface area contributed by atoms with E-state index in [1.165, 1.54) is 24.4 Å². The third-order valence-electron chi connectivity index (χ3n) is 5.09. The fourth-order valence-corrected chi connectivity index (χ4v) is 4.33.